The molecule has 1 aliphatic heterocycles. The third-order valence-corrected chi connectivity index (χ3v) is 1.63. The minimum Gasteiger partial charge on any atom is -0.464 e. The number of amides is 1. The van der Waals surface area contributed by atoms with Crippen molar-refractivity contribution in [1.29, 1.82) is 0 Å². The lowest BCUT2D eigenvalue weighted by atomic mass is 10.3. The first-order valence-corrected chi connectivity index (χ1v) is 3.58. The van der Waals surface area contributed by atoms with Crippen molar-refractivity contribution >= 4 is 11.8 Å². The fraction of sp³-hybridized carbons (Fsp3) is 0. The molecular weight excluding hydrogens is 172 g/mol. The number of pyridine rings is 1. The van der Waals surface area contributed by atoms with Crippen LogP contribution in [0.3, 0.4) is 0 Å². The van der Waals surface area contributed by atoms with E-state index in [2.05, 4.69) is 4.98 Å². The number of hydrogen-bond acceptors (Lipinski definition) is 3. The molecule has 1 aliphatic rings. The largest absolute Gasteiger partial charge is 0.464 e. The number of fused-ring (bicyclic) bond motifs is 1. The topological polar surface area (TPSA) is 62.7 Å². The standard InChI is InChI=1S/C8H6N2O3/c11-8(12)10-3-4-13-7-5-9-2-1-6(7)10/h1-5H,(H,11,12). The van der Waals surface area contributed by atoms with Gasteiger partial charge in [-0.15, -0.1) is 0 Å². The maximum Gasteiger partial charge on any atom is 0.416 e. The molecule has 13 heavy (non-hydrogen) atoms. The van der Waals surface area contributed by atoms with Gasteiger partial charge in [0, 0.05) is 6.20 Å². The van der Waals surface area contributed by atoms with Crippen LogP contribution in [0.15, 0.2) is 30.9 Å². The number of carbonyl (C=O) groups is 1. The van der Waals surface area contributed by atoms with Gasteiger partial charge in [0.25, 0.3) is 0 Å². The second kappa shape index (κ2) is 2.78. The smallest absolute Gasteiger partial charge is 0.416 e. The lowest BCUT2D eigenvalue weighted by Gasteiger charge is -2.20. The first-order valence-electron chi connectivity index (χ1n) is 3.58. The van der Waals surface area contributed by atoms with Crippen LogP contribution in [0.5, 0.6) is 5.75 Å². The molecule has 5 heteroatoms. The molecule has 0 bridgehead atoms. The van der Waals surface area contributed by atoms with E-state index in [9.17, 15) is 4.79 Å². The van der Waals surface area contributed by atoms with Crippen molar-refractivity contribution in [3.63, 3.8) is 0 Å². The van der Waals surface area contributed by atoms with Crippen LogP contribution in [-0.2, 0) is 0 Å². The number of hydrogen-bond donors (Lipinski definition) is 1. The van der Waals surface area contributed by atoms with Crippen molar-refractivity contribution in [3.8, 4) is 5.75 Å². The quantitative estimate of drug-likeness (QED) is 0.652. The van der Waals surface area contributed by atoms with Crippen molar-refractivity contribution < 1.29 is 14.6 Å². The summed E-state index contributed by atoms with van der Waals surface area (Å²) >= 11 is 0. The van der Waals surface area contributed by atoms with Crippen molar-refractivity contribution in [1.82, 2.24) is 4.98 Å². The summed E-state index contributed by atoms with van der Waals surface area (Å²) in [5.41, 5.74) is 0.477. The van der Waals surface area contributed by atoms with Gasteiger partial charge in [0.05, 0.1) is 18.1 Å². The van der Waals surface area contributed by atoms with Crippen LogP contribution in [0.25, 0.3) is 0 Å². The van der Waals surface area contributed by atoms with Gasteiger partial charge in [-0.1, -0.05) is 0 Å². The van der Waals surface area contributed by atoms with Crippen molar-refractivity contribution in [2.24, 2.45) is 0 Å². The average molecular weight is 178 g/mol. The van der Waals surface area contributed by atoms with Gasteiger partial charge in [-0.3, -0.25) is 4.98 Å². The Morgan fingerprint density at radius 2 is 2.46 bits per heavy atom. The maximum atomic E-state index is 10.7. The summed E-state index contributed by atoms with van der Waals surface area (Å²) in [4.78, 5) is 15.6. The highest BCUT2D eigenvalue weighted by atomic mass is 16.5. The van der Waals surface area contributed by atoms with Crippen LogP contribution in [0.1, 0.15) is 0 Å². The minimum atomic E-state index is -1.05. The SMILES string of the molecule is O=C(O)N1C=COc2cnccc21. The molecule has 0 spiro atoms. The van der Waals surface area contributed by atoms with E-state index in [0.717, 1.165) is 4.90 Å². The maximum absolute atomic E-state index is 10.7. The number of carboxylic acid groups (broad SMARTS) is 1. The highest BCUT2D eigenvalue weighted by Crippen LogP contribution is 2.30. The van der Waals surface area contributed by atoms with Gasteiger partial charge < -0.3 is 9.84 Å². The second-order valence-electron chi connectivity index (χ2n) is 2.40. The summed E-state index contributed by atoms with van der Waals surface area (Å²) in [6.07, 6.45) is 4.57. The average Bonchev–Trinajstić information content (AvgIpc) is 2.17. The lowest BCUT2D eigenvalue weighted by molar-refractivity contribution is 0.203. The zero-order valence-electron chi connectivity index (χ0n) is 6.54. The predicted molar refractivity (Wildman–Crippen MR) is 44.5 cm³/mol. The Morgan fingerprint density at radius 3 is 3.23 bits per heavy atom. The Hall–Kier alpha value is -2.04. The molecule has 0 aromatic carbocycles. The van der Waals surface area contributed by atoms with Crippen LogP contribution < -0.4 is 9.64 Å². The van der Waals surface area contributed by atoms with E-state index < -0.39 is 6.09 Å². The number of aromatic nitrogens is 1. The van der Waals surface area contributed by atoms with Gasteiger partial charge in [0.1, 0.15) is 6.26 Å². The molecule has 0 atom stereocenters. The van der Waals surface area contributed by atoms with Gasteiger partial charge in [0.2, 0.25) is 0 Å². The van der Waals surface area contributed by atoms with Gasteiger partial charge in [-0.2, -0.15) is 0 Å². The molecule has 1 aromatic heterocycles. The Bertz CT molecular complexity index is 375. The molecular formula is C8H6N2O3. The van der Waals surface area contributed by atoms with E-state index in [1.165, 1.54) is 24.9 Å². The molecule has 0 saturated carbocycles. The monoisotopic (exact) mass is 178 g/mol. The summed E-state index contributed by atoms with van der Waals surface area (Å²) in [5.74, 6) is 0.437. The minimum absolute atomic E-state index is 0.437. The fourth-order valence-corrected chi connectivity index (χ4v) is 1.07. The van der Waals surface area contributed by atoms with E-state index in [0.29, 0.717) is 11.4 Å². The Morgan fingerprint density at radius 1 is 1.62 bits per heavy atom. The van der Waals surface area contributed by atoms with Crippen LogP contribution in [0.4, 0.5) is 10.5 Å². The molecule has 0 saturated heterocycles. The third kappa shape index (κ3) is 1.20. The van der Waals surface area contributed by atoms with E-state index in [4.69, 9.17) is 9.84 Å². The molecule has 5 nitrogen and oxygen atoms in total. The van der Waals surface area contributed by atoms with E-state index in [-0.39, 0.29) is 0 Å². The van der Waals surface area contributed by atoms with E-state index in [1.807, 2.05) is 0 Å². The molecule has 0 fully saturated rings. The summed E-state index contributed by atoms with van der Waals surface area (Å²) in [7, 11) is 0. The predicted octanol–water partition coefficient (Wildman–Crippen LogP) is 1.43. The fourth-order valence-electron chi connectivity index (χ4n) is 1.07. The highest BCUT2D eigenvalue weighted by molar-refractivity contribution is 5.90. The molecule has 0 aliphatic carbocycles. The molecule has 0 unspecified atom stereocenters. The van der Waals surface area contributed by atoms with E-state index in [1.54, 1.807) is 6.07 Å². The highest BCUT2D eigenvalue weighted by Gasteiger charge is 2.19. The van der Waals surface area contributed by atoms with Crippen LogP contribution in [0, 0.1) is 0 Å². The zero-order chi connectivity index (χ0) is 9.26. The summed E-state index contributed by atoms with van der Waals surface area (Å²) < 4.78 is 5.06. The molecule has 1 aromatic rings. The number of rotatable bonds is 0. The van der Waals surface area contributed by atoms with Gasteiger partial charge in [-0.25, -0.2) is 9.69 Å². The van der Waals surface area contributed by atoms with Gasteiger partial charge in [0.15, 0.2) is 5.75 Å². The van der Waals surface area contributed by atoms with Crippen LogP contribution in [-0.4, -0.2) is 16.2 Å². The molecule has 66 valence electrons. The molecule has 2 heterocycles. The molecule has 1 N–H and O–H groups in total. The number of ether oxygens (including phenoxy) is 1. The molecule has 0 radical (unpaired) electrons. The summed E-state index contributed by atoms with van der Waals surface area (Å²) in [6, 6.07) is 1.58. The van der Waals surface area contributed by atoms with Crippen molar-refractivity contribution in [2.75, 3.05) is 4.90 Å². The molecule has 1 amide bonds. The van der Waals surface area contributed by atoms with Crippen LogP contribution in [0.2, 0.25) is 0 Å². The summed E-state index contributed by atoms with van der Waals surface area (Å²) in [5, 5.41) is 8.78. The number of anilines is 1. The van der Waals surface area contributed by atoms with Crippen molar-refractivity contribution in [2.45, 2.75) is 0 Å². The van der Waals surface area contributed by atoms with Crippen LogP contribution >= 0.6 is 0 Å². The number of nitrogens with zero attached hydrogens (tertiary/aromatic N) is 2. The Kier molecular flexibility index (Phi) is 1.63. The van der Waals surface area contributed by atoms with E-state index >= 15 is 0 Å². The normalized spacial score (nSPS) is 13.4. The van der Waals surface area contributed by atoms with Gasteiger partial charge >= 0.3 is 6.09 Å². The Labute approximate surface area is 73.9 Å². The summed E-state index contributed by atoms with van der Waals surface area (Å²) in [6.45, 7) is 0. The molecule has 2 rings (SSSR count). The zero-order valence-corrected chi connectivity index (χ0v) is 6.54. The Balaban J connectivity index is 2.48. The van der Waals surface area contributed by atoms with Gasteiger partial charge in [-0.05, 0) is 6.07 Å². The first kappa shape index (κ1) is 7.60. The first-order chi connectivity index (χ1) is 6.29. The second-order valence-corrected chi connectivity index (χ2v) is 2.40. The lowest BCUT2D eigenvalue weighted by Crippen LogP contribution is -2.25. The van der Waals surface area contributed by atoms with Crippen molar-refractivity contribution in [3.05, 3.63) is 30.9 Å². The third-order valence-electron chi connectivity index (χ3n) is 1.63.